The quantitative estimate of drug-likeness (QED) is 0.797. The Balaban J connectivity index is 2.58. The van der Waals surface area contributed by atoms with E-state index in [9.17, 15) is 0 Å². The Morgan fingerprint density at radius 1 is 1.47 bits per heavy atom. The van der Waals surface area contributed by atoms with Crippen LogP contribution in [0.1, 0.15) is 11.3 Å². The fraction of sp³-hybridized carbons (Fsp3) is 0.273. The zero-order chi connectivity index (χ0) is 10.8. The molecule has 0 aromatic carbocycles. The highest BCUT2D eigenvalue weighted by atomic mass is 15.3. The van der Waals surface area contributed by atoms with Gasteiger partial charge in [-0.3, -0.25) is 9.67 Å². The van der Waals surface area contributed by atoms with Gasteiger partial charge in [-0.15, -0.1) is 0 Å². The molecule has 4 heteroatoms. The molecule has 2 heterocycles. The molecular formula is C11H14N4. The summed E-state index contributed by atoms with van der Waals surface area (Å²) in [6.45, 7) is 2.51. The lowest BCUT2D eigenvalue weighted by atomic mass is 10.1. The predicted octanol–water partition coefficient (Wildman–Crippen LogP) is 1.25. The second-order valence-electron chi connectivity index (χ2n) is 3.49. The Morgan fingerprint density at radius 3 is 2.80 bits per heavy atom. The van der Waals surface area contributed by atoms with Crippen LogP contribution in [0.4, 0.5) is 0 Å². The molecule has 0 saturated carbocycles. The van der Waals surface area contributed by atoms with Crippen LogP contribution >= 0.6 is 0 Å². The van der Waals surface area contributed by atoms with Gasteiger partial charge in [0.05, 0.1) is 11.4 Å². The smallest absolute Gasteiger partial charge is 0.0795 e. The third-order valence-corrected chi connectivity index (χ3v) is 2.51. The average Bonchev–Trinajstić information content (AvgIpc) is 2.55. The third-order valence-electron chi connectivity index (χ3n) is 2.51. The highest BCUT2D eigenvalue weighted by Gasteiger charge is 2.12. The summed E-state index contributed by atoms with van der Waals surface area (Å²) < 4.78 is 1.86. The van der Waals surface area contributed by atoms with Gasteiger partial charge in [0.1, 0.15) is 0 Å². The molecule has 0 radical (unpaired) electrons. The van der Waals surface area contributed by atoms with Crippen LogP contribution in [0.3, 0.4) is 0 Å². The largest absolute Gasteiger partial charge is 0.325 e. The molecule has 0 unspecified atom stereocenters. The first-order valence-electron chi connectivity index (χ1n) is 4.87. The van der Waals surface area contributed by atoms with Gasteiger partial charge in [-0.25, -0.2) is 0 Å². The molecule has 0 aliphatic carbocycles. The van der Waals surface area contributed by atoms with Crippen molar-refractivity contribution in [3.8, 4) is 11.3 Å². The van der Waals surface area contributed by atoms with E-state index in [0.29, 0.717) is 6.54 Å². The maximum absolute atomic E-state index is 5.62. The first-order valence-corrected chi connectivity index (χ1v) is 4.87. The van der Waals surface area contributed by atoms with Crippen molar-refractivity contribution >= 4 is 0 Å². The minimum Gasteiger partial charge on any atom is -0.325 e. The topological polar surface area (TPSA) is 56.7 Å². The molecule has 78 valence electrons. The molecule has 0 spiro atoms. The monoisotopic (exact) mass is 202 g/mol. The van der Waals surface area contributed by atoms with Crippen molar-refractivity contribution in [1.29, 1.82) is 0 Å². The summed E-state index contributed by atoms with van der Waals surface area (Å²) in [6.07, 6.45) is 3.60. The molecule has 2 aromatic heterocycles. The van der Waals surface area contributed by atoms with Gasteiger partial charge in [0.15, 0.2) is 0 Å². The van der Waals surface area contributed by atoms with Crippen LogP contribution in [0, 0.1) is 6.92 Å². The zero-order valence-corrected chi connectivity index (χ0v) is 8.94. The third kappa shape index (κ3) is 1.64. The van der Waals surface area contributed by atoms with Gasteiger partial charge in [0.2, 0.25) is 0 Å². The molecule has 0 saturated heterocycles. The number of aromatic nitrogens is 3. The van der Waals surface area contributed by atoms with Crippen molar-refractivity contribution in [3.05, 3.63) is 35.8 Å². The fourth-order valence-electron chi connectivity index (χ4n) is 1.79. The SMILES string of the molecule is Cc1c(CN)nn(C)c1-c1cccnc1. The van der Waals surface area contributed by atoms with Gasteiger partial charge < -0.3 is 5.73 Å². The van der Waals surface area contributed by atoms with Crippen LogP contribution in [0.15, 0.2) is 24.5 Å². The Morgan fingerprint density at radius 2 is 2.27 bits per heavy atom. The van der Waals surface area contributed by atoms with Crippen LogP contribution < -0.4 is 5.73 Å². The highest BCUT2D eigenvalue weighted by molar-refractivity contribution is 5.63. The summed E-state index contributed by atoms with van der Waals surface area (Å²) in [4.78, 5) is 4.11. The number of pyridine rings is 1. The van der Waals surface area contributed by atoms with Gasteiger partial charge in [0, 0.05) is 31.5 Å². The first-order chi connectivity index (χ1) is 7.24. The van der Waals surface area contributed by atoms with E-state index in [-0.39, 0.29) is 0 Å². The molecule has 0 aliphatic heterocycles. The molecule has 2 N–H and O–H groups in total. The fourth-order valence-corrected chi connectivity index (χ4v) is 1.79. The number of hydrogen-bond donors (Lipinski definition) is 1. The molecule has 4 nitrogen and oxygen atoms in total. The maximum atomic E-state index is 5.62. The summed E-state index contributed by atoms with van der Waals surface area (Å²) in [5.41, 5.74) is 9.85. The summed E-state index contributed by atoms with van der Waals surface area (Å²) >= 11 is 0. The maximum Gasteiger partial charge on any atom is 0.0795 e. The number of aryl methyl sites for hydroxylation is 1. The van der Waals surface area contributed by atoms with Crippen molar-refractivity contribution in [2.75, 3.05) is 0 Å². The second-order valence-corrected chi connectivity index (χ2v) is 3.49. The minimum atomic E-state index is 0.472. The van der Waals surface area contributed by atoms with Gasteiger partial charge in [-0.2, -0.15) is 5.10 Å². The van der Waals surface area contributed by atoms with Gasteiger partial charge >= 0.3 is 0 Å². The second kappa shape index (κ2) is 3.82. The zero-order valence-electron chi connectivity index (χ0n) is 8.94. The van der Waals surface area contributed by atoms with Crippen LogP contribution in [0.25, 0.3) is 11.3 Å². The molecule has 2 aromatic rings. The highest BCUT2D eigenvalue weighted by Crippen LogP contribution is 2.23. The van der Waals surface area contributed by atoms with E-state index in [0.717, 1.165) is 22.5 Å². The summed E-state index contributed by atoms with van der Waals surface area (Å²) in [6, 6.07) is 3.95. The van der Waals surface area contributed by atoms with Crippen LogP contribution in [0.5, 0.6) is 0 Å². The number of nitrogens with two attached hydrogens (primary N) is 1. The van der Waals surface area contributed by atoms with Crippen LogP contribution in [-0.2, 0) is 13.6 Å². The minimum absolute atomic E-state index is 0.472. The van der Waals surface area contributed by atoms with E-state index < -0.39 is 0 Å². The molecule has 2 rings (SSSR count). The van der Waals surface area contributed by atoms with Crippen molar-refractivity contribution in [2.45, 2.75) is 13.5 Å². The summed E-state index contributed by atoms with van der Waals surface area (Å²) in [7, 11) is 1.93. The van der Waals surface area contributed by atoms with E-state index in [1.165, 1.54) is 0 Å². The lowest BCUT2D eigenvalue weighted by Crippen LogP contribution is -1.99. The van der Waals surface area contributed by atoms with E-state index >= 15 is 0 Å². The average molecular weight is 202 g/mol. The van der Waals surface area contributed by atoms with E-state index in [4.69, 9.17) is 5.73 Å². The standard InChI is InChI=1S/C11H14N4/c1-8-10(6-12)14-15(2)11(8)9-4-3-5-13-7-9/h3-5,7H,6,12H2,1-2H3. The van der Waals surface area contributed by atoms with Crippen molar-refractivity contribution in [3.63, 3.8) is 0 Å². The van der Waals surface area contributed by atoms with Gasteiger partial charge in [-0.1, -0.05) is 0 Å². The van der Waals surface area contributed by atoms with Crippen molar-refractivity contribution in [2.24, 2.45) is 12.8 Å². The lowest BCUT2D eigenvalue weighted by Gasteiger charge is -2.02. The summed E-state index contributed by atoms with van der Waals surface area (Å²) in [5, 5.41) is 4.37. The van der Waals surface area contributed by atoms with E-state index in [1.54, 1.807) is 6.20 Å². The number of rotatable bonds is 2. The lowest BCUT2D eigenvalue weighted by molar-refractivity contribution is 0.749. The molecular weight excluding hydrogens is 188 g/mol. The van der Waals surface area contributed by atoms with Crippen LogP contribution in [-0.4, -0.2) is 14.8 Å². The van der Waals surface area contributed by atoms with Gasteiger partial charge in [0.25, 0.3) is 0 Å². The molecule has 0 atom stereocenters. The molecule has 0 bridgehead atoms. The molecule has 0 fully saturated rings. The Labute approximate surface area is 88.8 Å². The number of nitrogens with zero attached hydrogens (tertiary/aromatic N) is 3. The molecule has 15 heavy (non-hydrogen) atoms. The molecule has 0 amide bonds. The predicted molar refractivity (Wildman–Crippen MR) is 59.1 cm³/mol. The number of hydrogen-bond acceptors (Lipinski definition) is 3. The van der Waals surface area contributed by atoms with Gasteiger partial charge in [-0.05, 0) is 24.6 Å². The first kappa shape index (κ1) is 9.86. The van der Waals surface area contributed by atoms with E-state index in [2.05, 4.69) is 10.1 Å². The normalized spacial score (nSPS) is 10.6. The Kier molecular flexibility index (Phi) is 2.51. The van der Waals surface area contributed by atoms with Crippen molar-refractivity contribution in [1.82, 2.24) is 14.8 Å². The Bertz CT molecular complexity index is 459. The Hall–Kier alpha value is -1.68. The summed E-state index contributed by atoms with van der Waals surface area (Å²) in [5.74, 6) is 0. The van der Waals surface area contributed by atoms with Crippen molar-refractivity contribution < 1.29 is 0 Å². The molecule has 0 aliphatic rings. The van der Waals surface area contributed by atoms with Crippen LogP contribution in [0.2, 0.25) is 0 Å². The van der Waals surface area contributed by atoms with E-state index in [1.807, 2.05) is 37.0 Å².